The number of benzene rings is 1. The van der Waals surface area contributed by atoms with Crippen LogP contribution in [0.3, 0.4) is 0 Å². The van der Waals surface area contributed by atoms with E-state index in [1.54, 1.807) is 24.5 Å². The average molecular weight is 481 g/mol. The molecule has 0 saturated heterocycles. The molecule has 7 nitrogen and oxygen atoms in total. The molecule has 0 atom stereocenters. The molecule has 2 aliphatic rings. The van der Waals surface area contributed by atoms with Crippen molar-refractivity contribution in [3.63, 3.8) is 0 Å². The van der Waals surface area contributed by atoms with Crippen LogP contribution in [-0.2, 0) is 11.3 Å². The van der Waals surface area contributed by atoms with Gasteiger partial charge in [-0.25, -0.2) is 4.79 Å². The number of aromatic nitrogens is 1. The summed E-state index contributed by atoms with van der Waals surface area (Å²) in [5.74, 6) is -0.610. The van der Waals surface area contributed by atoms with Gasteiger partial charge in [-0.2, -0.15) is 0 Å². The molecule has 5 rings (SSSR count). The Bertz CT molecular complexity index is 1390. The van der Waals surface area contributed by atoms with Gasteiger partial charge in [-0.05, 0) is 71.1 Å². The van der Waals surface area contributed by atoms with Gasteiger partial charge in [-0.1, -0.05) is 5.16 Å². The zero-order valence-corrected chi connectivity index (χ0v) is 20.6. The second-order valence-corrected chi connectivity index (χ2v) is 11.0. The number of carboxylic acid groups (broad SMARTS) is 1. The number of nitrogens with zero attached hydrogens (tertiary/aromatic N) is 2. The smallest absolute Gasteiger partial charge is 0.341 e. The fourth-order valence-electron chi connectivity index (χ4n) is 4.44. The van der Waals surface area contributed by atoms with Crippen molar-refractivity contribution in [3.8, 4) is 16.2 Å². The highest BCUT2D eigenvalue weighted by Gasteiger charge is 2.30. The normalized spacial score (nSPS) is 17.1. The first-order valence-corrected chi connectivity index (χ1v) is 12.4. The maximum Gasteiger partial charge on any atom is 0.341 e. The summed E-state index contributed by atoms with van der Waals surface area (Å²) in [6.07, 6.45) is 6.25. The molecule has 0 aliphatic heterocycles. The Morgan fingerprint density at radius 3 is 2.62 bits per heavy atom. The monoisotopic (exact) mass is 480 g/mol. The van der Waals surface area contributed by atoms with Crippen LogP contribution in [0.15, 0.2) is 34.3 Å². The molecule has 1 saturated carbocycles. The van der Waals surface area contributed by atoms with Gasteiger partial charge >= 0.3 is 5.97 Å². The SMILES string of the molecule is COc1c(-c2cc3c(s2)CCCC3=NOC(C)(C)C)ccc2c(=O)c(C(=O)O)cn(C3CC3)c12. The highest BCUT2D eigenvalue weighted by Crippen LogP contribution is 2.45. The molecule has 3 aromatic rings. The third-order valence-corrected chi connectivity index (χ3v) is 7.38. The Morgan fingerprint density at radius 1 is 1.21 bits per heavy atom. The van der Waals surface area contributed by atoms with Crippen LogP contribution in [0.2, 0.25) is 0 Å². The quantitative estimate of drug-likeness (QED) is 0.478. The predicted octanol–water partition coefficient (Wildman–Crippen LogP) is 5.63. The lowest BCUT2D eigenvalue weighted by atomic mass is 9.96. The molecule has 2 heterocycles. The second-order valence-electron chi connectivity index (χ2n) is 9.90. The van der Waals surface area contributed by atoms with Gasteiger partial charge in [0.1, 0.15) is 11.2 Å². The lowest BCUT2D eigenvalue weighted by Crippen LogP contribution is -2.19. The Morgan fingerprint density at radius 2 is 1.97 bits per heavy atom. The van der Waals surface area contributed by atoms with Crippen molar-refractivity contribution in [3.05, 3.63) is 50.6 Å². The number of fused-ring (bicyclic) bond motifs is 2. The van der Waals surface area contributed by atoms with E-state index in [0.717, 1.165) is 53.8 Å². The molecular formula is C26H28N2O5S. The van der Waals surface area contributed by atoms with Gasteiger partial charge < -0.3 is 19.2 Å². The van der Waals surface area contributed by atoms with E-state index in [4.69, 9.17) is 9.57 Å². The topological polar surface area (TPSA) is 90.1 Å². The van der Waals surface area contributed by atoms with Crippen molar-refractivity contribution in [1.29, 1.82) is 0 Å². The van der Waals surface area contributed by atoms with E-state index in [1.165, 1.54) is 11.1 Å². The molecule has 2 aliphatic carbocycles. The minimum atomic E-state index is -1.21. The molecule has 0 spiro atoms. The molecule has 2 aromatic heterocycles. The van der Waals surface area contributed by atoms with Crippen LogP contribution >= 0.6 is 11.3 Å². The fraction of sp³-hybridized carbons (Fsp3) is 0.423. The number of pyridine rings is 1. The van der Waals surface area contributed by atoms with E-state index in [0.29, 0.717) is 16.7 Å². The molecule has 0 amide bonds. The summed E-state index contributed by atoms with van der Waals surface area (Å²) in [5.41, 5.74) is 2.57. The molecule has 0 unspecified atom stereocenters. The summed E-state index contributed by atoms with van der Waals surface area (Å²) < 4.78 is 7.80. The number of methoxy groups -OCH3 is 1. The van der Waals surface area contributed by atoms with Crippen LogP contribution < -0.4 is 10.2 Å². The van der Waals surface area contributed by atoms with Crippen LogP contribution in [-0.4, -0.2) is 34.1 Å². The summed E-state index contributed by atoms with van der Waals surface area (Å²) in [6.45, 7) is 5.94. The van der Waals surface area contributed by atoms with Crippen LogP contribution in [0.4, 0.5) is 0 Å². The first-order chi connectivity index (χ1) is 16.2. The summed E-state index contributed by atoms with van der Waals surface area (Å²) in [6, 6.07) is 5.91. The molecule has 0 bridgehead atoms. The Kier molecular flexibility index (Phi) is 5.51. The summed E-state index contributed by atoms with van der Waals surface area (Å²) in [4.78, 5) is 32.7. The number of aryl methyl sites for hydroxylation is 1. The Labute approximate surface area is 201 Å². The summed E-state index contributed by atoms with van der Waals surface area (Å²) >= 11 is 1.71. The van der Waals surface area contributed by atoms with Gasteiger partial charge in [0.15, 0.2) is 5.75 Å². The maximum absolute atomic E-state index is 13.0. The highest BCUT2D eigenvalue weighted by atomic mass is 32.1. The van der Waals surface area contributed by atoms with Crippen molar-refractivity contribution < 1.29 is 19.5 Å². The van der Waals surface area contributed by atoms with E-state index in [2.05, 4.69) is 11.2 Å². The van der Waals surface area contributed by atoms with Crippen molar-refractivity contribution in [2.24, 2.45) is 5.16 Å². The maximum atomic E-state index is 13.0. The van der Waals surface area contributed by atoms with Gasteiger partial charge in [-0.3, -0.25) is 4.79 Å². The lowest BCUT2D eigenvalue weighted by Gasteiger charge is -2.19. The van der Waals surface area contributed by atoms with Gasteiger partial charge in [0.2, 0.25) is 5.43 Å². The fourth-order valence-corrected chi connectivity index (χ4v) is 5.69. The number of aromatic carboxylic acids is 1. The average Bonchev–Trinajstić information content (AvgIpc) is 3.54. The van der Waals surface area contributed by atoms with Crippen molar-refractivity contribution in [2.45, 2.75) is 64.5 Å². The molecule has 8 heteroatoms. The number of carboxylic acids is 1. The third-order valence-electron chi connectivity index (χ3n) is 6.15. The zero-order chi connectivity index (χ0) is 24.2. The number of thiophene rings is 1. The lowest BCUT2D eigenvalue weighted by molar-refractivity contribution is 0.000623. The van der Waals surface area contributed by atoms with Crippen molar-refractivity contribution >= 4 is 33.9 Å². The van der Waals surface area contributed by atoms with E-state index < -0.39 is 11.4 Å². The van der Waals surface area contributed by atoms with Crippen LogP contribution in [0, 0.1) is 0 Å². The van der Waals surface area contributed by atoms with E-state index in [9.17, 15) is 14.7 Å². The predicted molar refractivity (Wildman–Crippen MR) is 134 cm³/mol. The van der Waals surface area contributed by atoms with Crippen LogP contribution in [0.1, 0.15) is 73.3 Å². The van der Waals surface area contributed by atoms with E-state index >= 15 is 0 Å². The van der Waals surface area contributed by atoms with Gasteiger partial charge in [-0.15, -0.1) is 11.3 Å². The van der Waals surface area contributed by atoms with Gasteiger partial charge in [0.05, 0.1) is 23.7 Å². The molecule has 1 N–H and O–H groups in total. The number of rotatable bonds is 5. The Hall–Kier alpha value is -3.13. The largest absolute Gasteiger partial charge is 0.494 e. The van der Waals surface area contributed by atoms with Crippen LogP contribution in [0.5, 0.6) is 5.75 Å². The second kappa shape index (κ2) is 8.27. The molecule has 1 aromatic carbocycles. The summed E-state index contributed by atoms with van der Waals surface area (Å²) in [5, 5.41) is 14.4. The number of hydrogen-bond donors (Lipinski definition) is 1. The number of oxime groups is 1. The first kappa shape index (κ1) is 22.7. The minimum Gasteiger partial charge on any atom is -0.494 e. The van der Waals surface area contributed by atoms with Crippen molar-refractivity contribution in [2.75, 3.05) is 7.11 Å². The van der Waals surface area contributed by atoms with E-state index in [1.807, 2.05) is 31.4 Å². The van der Waals surface area contributed by atoms with Gasteiger partial charge in [0, 0.05) is 33.1 Å². The molecule has 0 radical (unpaired) electrons. The molecular weight excluding hydrogens is 452 g/mol. The number of carbonyl (C=O) groups is 1. The van der Waals surface area contributed by atoms with Gasteiger partial charge in [0.25, 0.3) is 0 Å². The zero-order valence-electron chi connectivity index (χ0n) is 19.8. The Balaban J connectivity index is 1.68. The number of ether oxygens (including phenoxy) is 1. The van der Waals surface area contributed by atoms with Crippen LogP contribution in [0.25, 0.3) is 21.3 Å². The molecule has 34 heavy (non-hydrogen) atoms. The van der Waals surface area contributed by atoms with Crippen molar-refractivity contribution in [1.82, 2.24) is 4.57 Å². The highest BCUT2D eigenvalue weighted by molar-refractivity contribution is 7.16. The summed E-state index contributed by atoms with van der Waals surface area (Å²) in [7, 11) is 1.60. The molecule has 1 fully saturated rings. The molecule has 178 valence electrons. The minimum absolute atomic E-state index is 0.176. The first-order valence-electron chi connectivity index (χ1n) is 11.6. The standard InChI is InChI=1S/C26H28N2O5S/c1-26(2,3)33-27-19-6-5-7-20-17(19)12-21(34-20)15-10-11-16-22(24(15)32-4)28(14-8-9-14)13-18(23(16)29)25(30)31/h10-14H,5-9H2,1-4H3,(H,30,31). The van der Waals surface area contributed by atoms with E-state index in [-0.39, 0.29) is 17.2 Å². The third kappa shape index (κ3) is 4.00. The number of hydrogen-bond acceptors (Lipinski definition) is 6.